The van der Waals surface area contributed by atoms with E-state index in [9.17, 15) is 4.79 Å². The molecule has 2 aromatic rings. The van der Waals surface area contributed by atoms with Crippen LogP contribution in [0.4, 0.5) is 0 Å². The first kappa shape index (κ1) is 13.0. The minimum absolute atomic E-state index is 0.00153. The first-order valence-corrected chi connectivity index (χ1v) is 7.14. The average Bonchev–Trinajstić information content (AvgIpc) is 2.45. The van der Waals surface area contributed by atoms with Gasteiger partial charge < -0.3 is 4.90 Å². The van der Waals surface area contributed by atoms with E-state index in [-0.39, 0.29) is 5.91 Å². The summed E-state index contributed by atoms with van der Waals surface area (Å²) in [6.45, 7) is 6.03. The first-order chi connectivity index (χ1) is 9.63. The molecule has 104 valence electrons. The maximum atomic E-state index is 12.6. The van der Waals surface area contributed by atoms with Crippen molar-refractivity contribution in [2.45, 2.75) is 20.3 Å². The topological polar surface area (TPSA) is 46.1 Å². The van der Waals surface area contributed by atoms with Crippen LogP contribution in [0.15, 0.2) is 30.5 Å². The zero-order valence-corrected chi connectivity index (χ0v) is 11.9. The third-order valence-electron chi connectivity index (χ3n) is 3.82. The van der Waals surface area contributed by atoms with Gasteiger partial charge in [-0.3, -0.25) is 9.78 Å². The highest BCUT2D eigenvalue weighted by atomic mass is 16.2. The number of aromatic nitrogens is 2. The molecule has 0 N–H and O–H groups in total. The number of nitrogens with zero attached hydrogens (tertiary/aromatic N) is 3. The summed E-state index contributed by atoms with van der Waals surface area (Å²) in [7, 11) is 0. The van der Waals surface area contributed by atoms with Crippen LogP contribution in [-0.4, -0.2) is 33.9 Å². The van der Waals surface area contributed by atoms with E-state index < -0.39 is 0 Å². The Kier molecular flexibility index (Phi) is 3.38. The number of hydrogen-bond acceptors (Lipinski definition) is 3. The number of hydrogen-bond donors (Lipinski definition) is 0. The zero-order chi connectivity index (χ0) is 14.1. The van der Waals surface area contributed by atoms with E-state index in [4.69, 9.17) is 0 Å². The molecule has 0 bridgehead atoms. The van der Waals surface area contributed by atoms with E-state index in [0.29, 0.717) is 17.5 Å². The van der Waals surface area contributed by atoms with Gasteiger partial charge in [-0.1, -0.05) is 26.0 Å². The fourth-order valence-corrected chi connectivity index (χ4v) is 3.05. The summed E-state index contributed by atoms with van der Waals surface area (Å²) in [5.41, 5.74) is 2.05. The molecule has 1 aliphatic heterocycles. The van der Waals surface area contributed by atoms with Crippen molar-refractivity contribution in [3.63, 3.8) is 0 Å². The van der Waals surface area contributed by atoms with Gasteiger partial charge in [0.05, 0.1) is 17.2 Å². The number of rotatable bonds is 1. The van der Waals surface area contributed by atoms with Gasteiger partial charge in [0.2, 0.25) is 0 Å². The van der Waals surface area contributed by atoms with Crippen LogP contribution in [0.5, 0.6) is 0 Å². The number of amides is 1. The minimum atomic E-state index is 0.00153. The first-order valence-electron chi connectivity index (χ1n) is 7.14. The molecule has 1 fully saturated rings. The van der Waals surface area contributed by atoms with Gasteiger partial charge in [-0.2, -0.15) is 0 Å². The van der Waals surface area contributed by atoms with Crippen LogP contribution in [-0.2, 0) is 0 Å². The van der Waals surface area contributed by atoms with E-state index >= 15 is 0 Å². The fraction of sp³-hybridized carbons (Fsp3) is 0.438. The predicted molar refractivity (Wildman–Crippen MR) is 78.4 cm³/mol. The quantitative estimate of drug-likeness (QED) is 0.799. The molecule has 2 heterocycles. The van der Waals surface area contributed by atoms with Crippen LogP contribution in [0, 0.1) is 11.8 Å². The van der Waals surface area contributed by atoms with Crippen LogP contribution in [0.2, 0.25) is 0 Å². The van der Waals surface area contributed by atoms with Crippen LogP contribution >= 0.6 is 0 Å². The predicted octanol–water partition coefficient (Wildman–Crippen LogP) is 2.75. The van der Waals surface area contributed by atoms with Crippen molar-refractivity contribution in [3.8, 4) is 0 Å². The maximum Gasteiger partial charge on any atom is 0.274 e. The lowest BCUT2D eigenvalue weighted by atomic mass is 9.92. The summed E-state index contributed by atoms with van der Waals surface area (Å²) >= 11 is 0. The summed E-state index contributed by atoms with van der Waals surface area (Å²) in [4.78, 5) is 23.2. The molecule has 0 radical (unpaired) electrons. The summed E-state index contributed by atoms with van der Waals surface area (Å²) in [5, 5.41) is 0. The fourth-order valence-electron chi connectivity index (χ4n) is 3.05. The molecule has 1 saturated heterocycles. The van der Waals surface area contributed by atoms with Gasteiger partial charge in [-0.05, 0) is 30.4 Å². The molecule has 1 aliphatic rings. The number of para-hydroxylation sites is 2. The van der Waals surface area contributed by atoms with Gasteiger partial charge in [0.1, 0.15) is 5.69 Å². The highest BCUT2D eigenvalue weighted by molar-refractivity contribution is 5.93. The van der Waals surface area contributed by atoms with Gasteiger partial charge in [-0.25, -0.2) is 4.98 Å². The summed E-state index contributed by atoms with van der Waals surface area (Å²) in [5.74, 6) is 1.11. The Balaban J connectivity index is 1.88. The lowest BCUT2D eigenvalue weighted by Gasteiger charge is -2.34. The van der Waals surface area contributed by atoms with Crippen LogP contribution in [0.3, 0.4) is 0 Å². The normalized spacial score (nSPS) is 23.0. The highest BCUT2D eigenvalue weighted by Gasteiger charge is 2.26. The Morgan fingerprint density at radius 3 is 2.50 bits per heavy atom. The Morgan fingerprint density at radius 2 is 1.80 bits per heavy atom. The summed E-state index contributed by atoms with van der Waals surface area (Å²) in [6.07, 6.45) is 2.78. The molecule has 0 spiro atoms. The molecule has 0 saturated carbocycles. The lowest BCUT2D eigenvalue weighted by Crippen LogP contribution is -2.42. The van der Waals surface area contributed by atoms with Gasteiger partial charge in [0.15, 0.2) is 0 Å². The molecule has 2 atom stereocenters. The SMILES string of the molecule is CC1CC(C)CN(C(=O)c2cnc3ccccc3n2)C1. The standard InChI is InChI=1S/C16H19N3O/c1-11-7-12(2)10-19(9-11)16(20)15-8-17-13-5-3-4-6-14(13)18-15/h3-6,8,11-12H,7,9-10H2,1-2H3. The van der Waals surface area contributed by atoms with Crippen molar-refractivity contribution in [1.29, 1.82) is 0 Å². The van der Waals surface area contributed by atoms with E-state index in [1.54, 1.807) is 6.20 Å². The maximum absolute atomic E-state index is 12.6. The highest BCUT2D eigenvalue weighted by Crippen LogP contribution is 2.22. The number of likely N-dealkylation sites (tertiary alicyclic amines) is 1. The van der Waals surface area contributed by atoms with E-state index in [1.165, 1.54) is 6.42 Å². The van der Waals surface area contributed by atoms with Crippen LogP contribution in [0.25, 0.3) is 11.0 Å². The van der Waals surface area contributed by atoms with Crippen molar-refractivity contribution < 1.29 is 4.79 Å². The molecule has 2 unspecified atom stereocenters. The molecule has 1 amide bonds. The average molecular weight is 269 g/mol. The number of fused-ring (bicyclic) bond motifs is 1. The van der Waals surface area contributed by atoms with Crippen molar-refractivity contribution >= 4 is 16.9 Å². The number of piperidine rings is 1. The monoisotopic (exact) mass is 269 g/mol. The largest absolute Gasteiger partial charge is 0.337 e. The van der Waals surface area contributed by atoms with E-state index in [1.807, 2.05) is 29.2 Å². The molecule has 4 nitrogen and oxygen atoms in total. The molecular weight excluding hydrogens is 250 g/mol. The molecular formula is C16H19N3O. The minimum Gasteiger partial charge on any atom is -0.337 e. The molecule has 0 aliphatic carbocycles. The molecule has 4 heteroatoms. The molecule has 1 aromatic carbocycles. The van der Waals surface area contributed by atoms with Crippen LogP contribution < -0.4 is 0 Å². The molecule has 3 rings (SSSR count). The smallest absolute Gasteiger partial charge is 0.274 e. The van der Waals surface area contributed by atoms with Gasteiger partial charge in [-0.15, -0.1) is 0 Å². The Labute approximate surface area is 118 Å². The summed E-state index contributed by atoms with van der Waals surface area (Å²) in [6, 6.07) is 7.63. The number of carbonyl (C=O) groups excluding carboxylic acids is 1. The summed E-state index contributed by atoms with van der Waals surface area (Å²) < 4.78 is 0. The van der Waals surface area contributed by atoms with Crippen LogP contribution in [0.1, 0.15) is 30.8 Å². The third-order valence-corrected chi connectivity index (χ3v) is 3.82. The van der Waals surface area contributed by atoms with Gasteiger partial charge >= 0.3 is 0 Å². The second-order valence-electron chi connectivity index (χ2n) is 5.90. The number of carbonyl (C=O) groups is 1. The second kappa shape index (κ2) is 5.19. The second-order valence-corrected chi connectivity index (χ2v) is 5.90. The Morgan fingerprint density at radius 1 is 1.15 bits per heavy atom. The van der Waals surface area contributed by atoms with Crippen molar-refractivity contribution in [3.05, 3.63) is 36.2 Å². The lowest BCUT2D eigenvalue weighted by molar-refractivity contribution is 0.0617. The molecule has 20 heavy (non-hydrogen) atoms. The van der Waals surface area contributed by atoms with Crippen molar-refractivity contribution in [2.75, 3.05) is 13.1 Å². The molecule has 1 aromatic heterocycles. The van der Waals surface area contributed by atoms with Crippen molar-refractivity contribution in [2.24, 2.45) is 11.8 Å². The van der Waals surface area contributed by atoms with Crippen molar-refractivity contribution in [1.82, 2.24) is 14.9 Å². The van der Waals surface area contributed by atoms with E-state index in [2.05, 4.69) is 23.8 Å². The van der Waals surface area contributed by atoms with Gasteiger partial charge in [0.25, 0.3) is 5.91 Å². The Hall–Kier alpha value is -1.97. The van der Waals surface area contributed by atoms with E-state index in [0.717, 1.165) is 24.1 Å². The zero-order valence-electron chi connectivity index (χ0n) is 11.9. The van der Waals surface area contributed by atoms with Gasteiger partial charge in [0, 0.05) is 13.1 Å². The number of benzene rings is 1. The third kappa shape index (κ3) is 2.50. The Bertz CT molecular complexity index is 630.